The normalized spacial score (nSPS) is 14.2. The predicted octanol–water partition coefficient (Wildman–Crippen LogP) is 4.17. The number of nitrogens with zero attached hydrogens (tertiary/aromatic N) is 4. The molecule has 1 aromatic heterocycles. The van der Waals surface area contributed by atoms with Crippen LogP contribution in [0.5, 0.6) is 5.75 Å². The van der Waals surface area contributed by atoms with Crippen LogP contribution in [0.4, 0.5) is 10.1 Å². The van der Waals surface area contributed by atoms with E-state index < -0.39 is 0 Å². The third-order valence-electron chi connectivity index (χ3n) is 5.88. The van der Waals surface area contributed by atoms with E-state index in [0.717, 1.165) is 41.5 Å². The third-order valence-corrected chi connectivity index (χ3v) is 5.88. The van der Waals surface area contributed by atoms with Gasteiger partial charge in [0.05, 0.1) is 12.8 Å². The molecule has 0 bridgehead atoms. The molecule has 1 amide bonds. The first kappa shape index (κ1) is 21.9. The smallest absolute Gasteiger partial charge is 0.244 e. The Labute approximate surface area is 188 Å². The minimum atomic E-state index is -0.277. The average molecular weight is 437 g/mol. The zero-order chi connectivity index (χ0) is 22.7. The highest BCUT2D eigenvalue weighted by Crippen LogP contribution is 2.25. The van der Waals surface area contributed by atoms with E-state index in [4.69, 9.17) is 4.74 Å². The fraction of sp³-hybridized carbons (Fsp3) is 0.360. The van der Waals surface area contributed by atoms with Crippen molar-refractivity contribution in [3.63, 3.8) is 0 Å². The fourth-order valence-corrected chi connectivity index (χ4v) is 4.03. The average Bonchev–Trinajstić information content (AvgIpc) is 3.23. The third kappa shape index (κ3) is 4.77. The van der Waals surface area contributed by atoms with Crippen LogP contribution in [0.1, 0.15) is 25.5 Å². The second kappa shape index (κ2) is 9.42. The van der Waals surface area contributed by atoms with Gasteiger partial charge >= 0.3 is 0 Å². The van der Waals surface area contributed by atoms with E-state index in [9.17, 15) is 9.18 Å². The van der Waals surface area contributed by atoms with E-state index in [1.165, 1.54) is 12.1 Å². The first-order valence-corrected chi connectivity index (χ1v) is 10.9. The number of ether oxygens (including phenoxy) is 1. The summed E-state index contributed by atoms with van der Waals surface area (Å²) in [6, 6.07) is 16.3. The predicted molar refractivity (Wildman–Crippen MR) is 123 cm³/mol. The van der Waals surface area contributed by atoms with Crippen LogP contribution < -0.4 is 9.64 Å². The zero-order valence-corrected chi connectivity index (χ0v) is 18.8. The molecule has 2 heterocycles. The number of benzene rings is 2. The number of carbonyl (C=O) groups is 1. The van der Waals surface area contributed by atoms with Crippen molar-refractivity contribution in [2.24, 2.45) is 0 Å². The van der Waals surface area contributed by atoms with Crippen molar-refractivity contribution in [2.75, 3.05) is 38.2 Å². The van der Waals surface area contributed by atoms with Crippen LogP contribution in [-0.4, -0.2) is 53.9 Å². The second-order valence-corrected chi connectivity index (χ2v) is 8.34. The van der Waals surface area contributed by atoms with Gasteiger partial charge in [-0.2, -0.15) is 5.10 Å². The molecule has 0 unspecified atom stereocenters. The van der Waals surface area contributed by atoms with Crippen molar-refractivity contribution < 1.29 is 13.9 Å². The van der Waals surface area contributed by atoms with E-state index in [0.29, 0.717) is 13.1 Å². The van der Waals surface area contributed by atoms with Crippen LogP contribution in [0, 0.1) is 5.82 Å². The van der Waals surface area contributed by atoms with E-state index in [-0.39, 0.29) is 24.2 Å². The van der Waals surface area contributed by atoms with E-state index in [1.54, 1.807) is 23.9 Å². The van der Waals surface area contributed by atoms with Gasteiger partial charge in [0.25, 0.3) is 0 Å². The number of carbonyl (C=O) groups excluding carboxylic acids is 1. The highest BCUT2D eigenvalue weighted by molar-refractivity contribution is 5.76. The Morgan fingerprint density at radius 3 is 2.44 bits per heavy atom. The standard InChI is InChI=1S/C25H29FN4O2/c1-18(2)24-16-23(19-7-9-20(26)10-8-19)27-30(24)17-25(31)29-13-11-28(12-14-29)21-5-4-6-22(15-21)32-3/h4-10,15-16,18H,11-14,17H2,1-3H3. The first-order chi connectivity index (χ1) is 15.4. The quantitative estimate of drug-likeness (QED) is 0.582. The molecule has 0 saturated carbocycles. The van der Waals surface area contributed by atoms with Gasteiger partial charge in [-0.3, -0.25) is 9.48 Å². The number of hydrogen-bond donors (Lipinski definition) is 0. The SMILES string of the molecule is COc1cccc(N2CCN(C(=O)Cn3nc(-c4ccc(F)cc4)cc3C(C)C)CC2)c1. The molecule has 2 aromatic carbocycles. The minimum absolute atomic E-state index is 0.0611. The van der Waals surface area contributed by atoms with E-state index in [2.05, 4.69) is 29.9 Å². The summed E-state index contributed by atoms with van der Waals surface area (Å²) < 4.78 is 20.4. The fourth-order valence-electron chi connectivity index (χ4n) is 4.03. The lowest BCUT2D eigenvalue weighted by molar-refractivity contribution is -0.132. The number of methoxy groups -OCH3 is 1. The minimum Gasteiger partial charge on any atom is -0.497 e. The number of aromatic nitrogens is 2. The molecule has 1 aliphatic heterocycles. The first-order valence-electron chi connectivity index (χ1n) is 10.9. The number of amides is 1. The number of piperazine rings is 1. The van der Waals surface area contributed by atoms with Crippen molar-refractivity contribution in [3.8, 4) is 17.0 Å². The molecule has 7 heteroatoms. The molecule has 0 N–H and O–H groups in total. The van der Waals surface area contributed by atoms with Crippen molar-refractivity contribution >= 4 is 11.6 Å². The second-order valence-electron chi connectivity index (χ2n) is 8.34. The van der Waals surface area contributed by atoms with Gasteiger partial charge < -0.3 is 14.5 Å². The molecule has 0 spiro atoms. The lowest BCUT2D eigenvalue weighted by atomic mass is 10.1. The molecule has 4 rings (SSSR count). The van der Waals surface area contributed by atoms with Gasteiger partial charge in [-0.15, -0.1) is 0 Å². The summed E-state index contributed by atoms with van der Waals surface area (Å²) in [7, 11) is 1.66. The molecular formula is C25H29FN4O2. The molecule has 1 aliphatic rings. The molecule has 168 valence electrons. The van der Waals surface area contributed by atoms with Crippen LogP contribution >= 0.6 is 0 Å². The summed E-state index contributed by atoms with van der Waals surface area (Å²) in [4.78, 5) is 17.2. The molecule has 0 atom stereocenters. The van der Waals surface area contributed by atoms with Gasteiger partial charge in [-0.1, -0.05) is 19.9 Å². The maximum Gasteiger partial charge on any atom is 0.244 e. The van der Waals surface area contributed by atoms with Gasteiger partial charge in [0, 0.05) is 49.2 Å². The molecule has 32 heavy (non-hydrogen) atoms. The van der Waals surface area contributed by atoms with Gasteiger partial charge in [-0.05, 0) is 48.4 Å². The zero-order valence-electron chi connectivity index (χ0n) is 18.8. The summed E-state index contributed by atoms with van der Waals surface area (Å²) in [6.07, 6.45) is 0. The van der Waals surface area contributed by atoms with Crippen LogP contribution in [-0.2, 0) is 11.3 Å². The van der Waals surface area contributed by atoms with Crippen LogP contribution in [0.3, 0.4) is 0 Å². The van der Waals surface area contributed by atoms with Crippen LogP contribution in [0.25, 0.3) is 11.3 Å². The molecule has 1 saturated heterocycles. The Kier molecular flexibility index (Phi) is 6.44. The summed E-state index contributed by atoms with van der Waals surface area (Å²) in [6.45, 7) is 7.25. The van der Waals surface area contributed by atoms with Gasteiger partial charge in [0.2, 0.25) is 5.91 Å². The number of halogens is 1. The Morgan fingerprint density at radius 1 is 1.06 bits per heavy atom. The number of anilines is 1. The molecule has 6 nitrogen and oxygen atoms in total. The van der Waals surface area contributed by atoms with Crippen LogP contribution in [0.15, 0.2) is 54.6 Å². The number of rotatable bonds is 6. The van der Waals surface area contributed by atoms with E-state index in [1.807, 2.05) is 29.2 Å². The summed E-state index contributed by atoms with van der Waals surface area (Å²) >= 11 is 0. The van der Waals surface area contributed by atoms with Gasteiger partial charge in [0.1, 0.15) is 18.1 Å². The van der Waals surface area contributed by atoms with Crippen molar-refractivity contribution in [1.29, 1.82) is 0 Å². The summed E-state index contributed by atoms with van der Waals surface area (Å²) in [5, 5.41) is 4.67. The van der Waals surface area contributed by atoms with Crippen molar-refractivity contribution in [3.05, 3.63) is 66.1 Å². The Hall–Kier alpha value is -3.35. The number of hydrogen-bond acceptors (Lipinski definition) is 4. The molecule has 0 aliphatic carbocycles. The van der Waals surface area contributed by atoms with Crippen LogP contribution in [0.2, 0.25) is 0 Å². The van der Waals surface area contributed by atoms with Gasteiger partial charge in [-0.25, -0.2) is 4.39 Å². The van der Waals surface area contributed by atoms with Crippen molar-refractivity contribution in [1.82, 2.24) is 14.7 Å². The highest BCUT2D eigenvalue weighted by Gasteiger charge is 2.23. The maximum atomic E-state index is 13.3. The molecule has 1 fully saturated rings. The monoisotopic (exact) mass is 436 g/mol. The Bertz CT molecular complexity index is 1070. The summed E-state index contributed by atoms with van der Waals surface area (Å²) in [5.41, 5.74) is 3.69. The Balaban J connectivity index is 1.43. The van der Waals surface area contributed by atoms with E-state index >= 15 is 0 Å². The molecule has 3 aromatic rings. The van der Waals surface area contributed by atoms with Gasteiger partial charge in [0.15, 0.2) is 0 Å². The maximum absolute atomic E-state index is 13.3. The topological polar surface area (TPSA) is 50.6 Å². The summed E-state index contributed by atoms with van der Waals surface area (Å²) in [5.74, 6) is 0.832. The lowest BCUT2D eigenvalue weighted by Gasteiger charge is -2.36. The molecule has 0 radical (unpaired) electrons. The molecular weight excluding hydrogens is 407 g/mol. The largest absolute Gasteiger partial charge is 0.497 e. The highest BCUT2D eigenvalue weighted by atomic mass is 19.1. The Morgan fingerprint density at radius 2 is 1.78 bits per heavy atom. The van der Waals surface area contributed by atoms with Crippen molar-refractivity contribution in [2.45, 2.75) is 26.3 Å². The lowest BCUT2D eigenvalue weighted by Crippen LogP contribution is -2.49.